The largest absolute Gasteiger partial charge is 0.494 e. The standard InChI is InChI=1S/C22H29NO4/c1-4-7-16-27-20-14-10-18(11-15-20)22(21(5-2)23(24)25)17-8-12-19(13-9-17)26-6-3/h8-15,21-22H,4-7,16H2,1-3H3. The summed E-state index contributed by atoms with van der Waals surface area (Å²) in [5.74, 6) is 1.26. The van der Waals surface area contributed by atoms with Crippen molar-refractivity contribution in [1.82, 2.24) is 0 Å². The maximum atomic E-state index is 11.7. The molecule has 0 saturated carbocycles. The van der Waals surface area contributed by atoms with E-state index in [2.05, 4.69) is 6.92 Å². The summed E-state index contributed by atoms with van der Waals surface area (Å²) in [6.07, 6.45) is 2.55. The minimum atomic E-state index is -0.685. The van der Waals surface area contributed by atoms with E-state index >= 15 is 0 Å². The summed E-state index contributed by atoms with van der Waals surface area (Å²) in [5.41, 5.74) is 1.84. The van der Waals surface area contributed by atoms with Gasteiger partial charge in [0.2, 0.25) is 6.04 Å². The van der Waals surface area contributed by atoms with E-state index in [-0.39, 0.29) is 10.8 Å². The van der Waals surface area contributed by atoms with Gasteiger partial charge in [0.25, 0.3) is 0 Å². The van der Waals surface area contributed by atoms with Gasteiger partial charge in [0.1, 0.15) is 11.5 Å². The summed E-state index contributed by atoms with van der Waals surface area (Å²) < 4.78 is 11.2. The van der Waals surface area contributed by atoms with Crippen LogP contribution in [0.3, 0.4) is 0 Å². The van der Waals surface area contributed by atoms with E-state index in [4.69, 9.17) is 9.47 Å². The lowest BCUT2D eigenvalue weighted by atomic mass is 9.84. The maximum Gasteiger partial charge on any atom is 0.223 e. The van der Waals surface area contributed by atoms with Crippen molar-refractivity contribution in [2.24, 2.45) is 0 Å². The van der Waals surface area contributed by atoms with E-state index in [0.29, 0.717) is 19.6 Å². The van der Waals surface area contributed by atoms with Gasteiger partial charge >= 0.3 is 0 Å². The first-order valence-electron chi connectivity index (χ1n) is 9.69. The Kier molecular flexibility index (Phi) is 8.11. The topological polar surface area (TPSA) is 61.6 Å². The molecule has 0 amide bonds. The number of unbranched alkanes of at least 4 members (excludes halogenated alkanes) is 1. The van der Waals surface area contributed by atoms with Crippen LogP contribution in [0.2, 0.25) is 0 Å². The fourth-order valence-corrected chi connectivity index (χ4v) is 3.19. The zero-order chi connectivity index (χ0) is 19.6. The Balaban J connectivity index is 2.30. The van der Waals surface area contributed by atoms with E-state index in [1.165, 1.54) is 0 Å². The molecule has 0 bridgehead atoms. The van der Waals surface area contributed by atoms with Crippen molar-refractivity contribution < 1.29 is 14.4 Å². The van der Waals surface area contributed by atoms with Crippen molar-refractivity contribution in [3.05, 3.63) is 69.8 Å². The van der Waals surface area contributed by atoms with Crippen molar-refractivity contribution in [1.29, 1.82) is 0 Å². The quantitative estimate of drug-likeness (QED) is 0.299. The van der Waals surface area contributed by atoms with Gasteiger partial charge in [0, 0.05) is 11.3 Å². The van der Waals surface area contributed by atoms with Crippen LogP contribution in [-0.2, 0) is 0 Å². The Bertz CT molecular complexity index is 697. The predicted molar refractivity (Wildman–Crippen MR) is 107 cm³/mol. The van der Waals surface area contributed by atoms with E-state index in [0.717, 1.165) is 35.5 Å². The van der Waals surface area contributed by atoms with Crippen LogP contribution in [0.5, 0.6) is 11.5 Å². The van der Waals surface area contributed by atoms with Crippen LogP contribution in [0.15, 0.2) is 48.5 Å². The number of benzene rings is 2. The fourth-order valence-electron chi connectivity index (χ4n) is 3.19. The Morgan fingerprint density at radius 2 is 1.41 bits per heavy atom. The first kappa shape index (κ1) is 20.7. The van der Waals surface area contributed by atoms with Crippen LogP contribution in [-0.4, -0.2) is 24.2 Å². The highest BCUT2D eigenvalue weighted by Gasteiger charge is 2.32. The van der Waals surface area contributed by atoms with E-state index in [1.807, 2.05) is 62.4 Å². The molecule has 2 unspecified atom stereocenters. The molecule has 2 aromatic rings. The van der Waals surface area contributed by atoms with Gasteiger partial charge < -0.3 is 9.47 Å². The fraction of sp³-hybridized carbons (Fsp3) is 0.455. The van der Waals surface area contributed by atoms with Crippen LogP contribution in [0.4, 0.5) is 0 Å². The third-order valence-corrected chi connectivity index (χ3v) is 4.63. The Morgan fingerprint density at radius 1 is 0.889 bits per heavy atom. The zero-order valence-corrected chi connectivity index (χ0v) is 16.4. The number of nitro groups is 1. The lowest BCUT2D eigenvalue weighted by molar-refractivity contribution is -0.525. The SMILES string of the molecule is CCCCOc1ccc(C(c2ccc(OCC)cc2)C(CC)[N+](=O)[O-])cc1. The number of ether oxygens (including phenoxy) is 2. The Labute approximate surface area is 161 Å². The van der Waals surface area contributed by atoms with Gasteiger partial charge in [-0.3, -0.25) is 10.1 Å². The molecule has 0 spiro atoms. The third kappa shape index (κ3) is 5.71. The Morgan fingerprint density at radius 3 is 1.81 bits per heavy atom. The van der Waals surface area contributed by atoms with Gasteiger partial charge in [0.15, 0.2) is 0 Å². The lowest BCUT2D eigenvalue weighted by Gasteiger charge is -2.22. The molecule has 5 nitrogen and oxygen atoms in total. The van der Waals surface area contributed by atoms with E-state index < -0.39 is 6.04 Å². The molecule has 146 valence electrons. The molecule has 0 saturated heterocycles. The molecule has 2 aromatic carbocycles. The molecule has 0 aliphatic rings. The van der Waals surface area contributed by atoms with Crippen molar-refractivity contribution in [2.75, 3.05) is 13.2 Å². The van der Waals surface area contributed by atoms with E-state index in [9.17, 15) is 10.1 Å². The molecule has 0 N–H and O–H groups in total. The average Bonchev–Trinajstić information content (AvgIpc) is 2.68. The van der Waals surface area contributed by atoms with Crippen molar-refractivity contribution in [3.8, 4) is 11.5 Å². The molecule has 0 aliphatic heterocycles. The molecule has 0 fully saturated rings. The van der Waals surface area contributed by atoms with Gasteiger partial charge in [0.05, 0.1) is 19.1 Å². The second kappa shape index (κ2) is 10.6. The molecule has 0 heterocycles. The molecular formula is C22H29NO4. The van der Waals surface area contributed by atoms with Gasteiger partial charge in [-0.25, -0.2) is 0 Å². The van der Waals surface area contributed by atoms with Crippen LogP contribution in [0.25, 0.3) is 0 Å². The molecule has 0 aliphatic carbocycles. The van der Waals surface area contributed by atoms with Crippen molar-refractivity contribution in [2.45, 2.75) is 52.0 Å². The normalized spacial score (nSPS) is 13.0. The van der Waals surface area contributed by atoms with Crippen molar-refractivity contribution in [3.63, 3.8) is 0 Å². The Hall–Kier alpha value is -2.56. The second-order valence-corrected chi connectivity index (χ2v) is 6.51. The monoisotopic (exact) mass is 371 g/mol. The molecule has 5 heteroatoms. The molecule has 0 radical (unpaired) electrons. The first-order chi connectivity index (χ1) is 13.1. The summed E-state index contributed by atoms with van der Waals surface area (Å²) in [6.45, 7) is 7.19. The van der Waals surface area contributed by atoms with Crippen LogP contribution >= 0.6 is 0 Å². The van der Waals surface area contributed by atoms with Gasteiger partial charge in [-0.05, 0) is 48.7 Å². The molecule has 2 rings (SSSR count). The van der Waals surface area contributed by atoms with Gasteiger partial charge in [-0.1, -0.05) is 44.5 Å². The number of hydrogen-bond acceptors (Lipinski definition) is 4. The summed E-state index contributed by atoms with van der Waals surface area (Å²) in [5, 5.41) is 11.7. The third-order valence-electron chi connectivity index (χ3n) is 4.63. The average molecular weight is 371 g/mol. The number of rotatable bonds is 11. The first-order valence-corrected chi connectivity index (χ1v) is 9.69. The zero-order valence-electron chi connectivity index (χ0n) is 16.4. The van der Waals surface area contributed by atoms with Crippen LogP contribution in [0.1, 0.15) is 57.1 Å². The minimum absolute atomic E-state index is 0.174. The van der Waals surface area contributed by atoms with Gasteiger partial charge in [-0.2, -0.15) is 0 Å². The summed E-state index contributed by atoms with van der Waals surface area (Å²) in [4.78, 5) is 11.5. The minimum Gasteiger partial charge on any atom is -0.494 e. The van der Waals surface area contributed by atoms with Crippen molar-refractivity contribution >= 4 is 0 Å². The van der Waals surface area contributed by atoms with Crippen LogP contribution in [0, 0.1) is 10.1 Å². The predicted octanol–water partition coefficient (Wildman–Crippen LogP) is 5.45. The molecule has 27 heavy (non-hydrogen) atoms. The molecule has 0 aromatic heterocycles. The second-order valence-electron chi connectivity index (χ2n) is 6.51. The highest BCUT2D eigenvalue weighted by Crippen LogP contribution is 2.33. The number of nitrogens with zero attached hydrogens (tertiary/aromatic N) is 1. The van der Waals surface area contributed by atoms with Crippen LogP contribution < -0.4 is 9.47 Å². The number of hydrogen-bond donors (Lipinski definition) is 0. The summed E-state index contributed by atoms with van der Waals surface area (Å²) in [6, 6.07) is 14.6. The summed E-state index contributed by atoms with van der Waals surface area (Å²) >= 11 is 0. The summed E-state index contributed by atoms with van der Waals surface area (Å²) in [7, 11) is 0. The molecule has 2 atom stereocenters. The van der Waals surface area contributed by atoms with Gasteiger partial charge in [-0.15, -0.1) is 0 Å². The highest BCUT2D eigenvalue weighted by atomic mass is 16.6. The smallest absolute Gasteiger partial charge is 0.223 e. The highest BCUT2D eigenvalue weighted by molar-refractivity contribution is 5.39. The maximum absolute atomic E-state index is 11.7. The lowest BCUT2D eigenvalue weighted by Crippen LogP contribution is -2.27. The van der Waals surface area contributed by atoms with E-state index in [1.54, 1.807) is 0 Å². The molecular weight excluding hydrogens is 342 g/mol.